The minimum absolute atomic E-state index is 0.115. The van der Waals surface area contributed by atoms with Crippen LogP contribution in [0.1, 0.15) is 19.3 Å². The Morgan fingerprint density at radius 1 is 1.67 bits per heavy atom. The lowest BCUT2D eigenvalue weighted by Gasteiger charge is -2.23. The van der Waals surface area contributed by atoms with Crippen molar-refractivity contribution in [1.82, 2.24) is 5.32 Å². The fourth-order valence-corrected chi connectivity index (χ4v) is 2.12. The molecule has 15 heavy (non-hydrogen) atoms. The second kappa shape index (κ2) is 7.40. The zero-order valence-electron chi connectivity index (χ0n) is 9.00. The molecule has 1 saturated heterocycles. The van der Waals surface area contributed by atoms with Crippen molar-refractivity contribution in [2.24, 2.45) is 0 Å². The van der Waals surface area contributed by atoms with Crippen LogP contribution in [0.25, 0.3) is 0 Å². The number of alkyl halides is 1. The number of ether oxygens (including phenoxy) is 2. The van der Waals surface area contributed by atoms with Gasteiger partial charge in [-0.15, -0.1) is 0 Å². The van der Waals surface area contributed by atoms with Gasteiger partial charge in [0.25, 0.3) is 0 Å². The summed E-state index contributed by atoms with van der Waals surface area (Å²) in [6, 6.07) is 0. The highest BCUT2D eigenvalue weighted by atomic mass is 127. The third-order valence-corrected chi connectivity index (χ3v) is 3.38. The molecule has 0 amide bonds. The second-order valence-electron chi connectivity index (χ2n) is 3.64. The minimum atomic E-state index is -0.173. The van der Waals surface area contributed by atoms with Gasteiger partial charge in [0.05, 0.1) is 13.2 Å². The summed E-state index contributed by atoms with van der Waals surface area (Å²) in [6.07, 6.45) is 3.86. The number of methoxy groups -OCH3 is 1. The summed E-state index contributed by atoms with van der Waals surface area (Å²) in [5.41, 5.74) is 0. The maximum absolute atomic E-state index is 11.1. The lowest BCUT2D eigenvalue weighted by molar-refractivity contribution is -0.139. The molecule has 2 unspecified atom stereocenters. The Morgan fingerprint density at radius 2 is 2.47 bits per heavy atom. The van der Waals surface area contributed by atoms with Crippen molar-refractivity contribution in [2.75, 3.05) is 26.8 Å². The fourth-order valence-electron chi connectivity index (χ4n) is 1.55. The molecule has 0 radical (unpaired) electrons. The van der Waals surface area contributed by atoms with Crippen LogP contribution in [0.2, 0.25) is 0 Å². The van der Waals surface area contributed by atoms with Crippen molar-refractivity contribution in [3.63, 3.8) is 0 Å². The molecule has 0 spiro atoms. The Kier molecular flexibility index (Phi) is 6.51. The molecule has 1 rings (SSSR count). The van der Waals surface area contributed by atoms with E-state index in [0.717, 1.165) is 19.6 Å². The lowest BCUT2D eigenvalue weighted by atomic mass is 10.1. The number of carbonyl (C=O) groups is 1. The van der Waals surface area contributed by atoms with E-state index in [1.54, 1.807) is 0 Å². The molecule has 1 aliphatic heterocycles. The number of halogens is 1. The first-order valence-electron chi connectivity index (χ1n) is 5.28. The van der Waals surface area contributed by atoms with E-state index in [1.165, 1.54) is 20.0 Å². The van der Waals surface area contributed by atoms with Gasteiger partial charge in [-0.1, -0.05) is 22.6 Å². The topological polar surface area (TPSA) is 47.6 Å². The van der Waals surface area contributed by atoms with Crippen LogP contribution in [0, 0.1) is 0 Å². The first-order chi connectivity index (χ1) is 7.24. The molecule has 0 aromatic heterocycles. The van der Waals surface area contributed by atoms with Crippen molar-refractivity contribution >= 4 is 28.6 Å². The van der Waals surface area contributed by atoms with E-state index in [9.17, 15) is 4.79 Å². The highest BCUT2D eigenvalue weighted by molar-refractivity contribution is 14.1. The molecule has 1 aliphatic rings. The second-order valence-corrected chi connectivity index (χ2v) is 5.14. The number of carbonyl (C=O) groups excluding carboxylic acids is 1. The number of nitrogens with one attached hydrogen (secondary N) is 1. The van der Waals surface area contributed by atoms with Gasteiger partial charge in [0, 0.05) is 19.7 Å². The van der Waals surface area contributed by atoms with E-state index in [1.807, 2.05) is 0 Å². The molecule has 4 nitrogen and oxygen atoms in total. The summed E-state index contributed by atoms with van der Waals surface area (Å²) < 4.78 is 10.1. The van der Waals surface area contributed by atoms with Crippen molar-refractivity contribution in [2.45, 2.75) is 29.3 Å². The Bertz CT molecular complexity index is 195. The number of rotatable bonds is 5. The third kappa shape index (κ3) is 5.12. The fraction of sp³-hybridized carbons (Fsp3) is 0.900. The SMILES string of the molecule is COC(=O)C(I)CNCC1CCCCO1. The zero-order valence-corrected chi connectivity index (χ0v) is 11.2. The first kappa shape index (κ1) is 13.2. The van der Waals surface area contributed by atoms with E-state index in [4.69, 9.17) is 4.74 Å². The van der Waals surface area contributed by atoms with Gasteiger partial charge in [-0.05, 0) is 19.3 Å². The van der Waals surface area contributed by atoms with Gasteiger partial charge in [-0.25, -0.2) is 0 Å². The lowest BCUT2D eigenvalue weighted by Crippen LogP contribution is -2.36. The summed E-state index contributed by atoms with van der Waals surface area (Å²) in [5, 5.41) is 3.24. The number of hydrogen-bond acceptors (Lipinski definition) is 4. The van der Waals surface area contributed by atoms with E-state index in [-0.39, 0.29) is 9.89 Å². The van der Waals surface area contributed by atoms with Crippen LogP contribution in [0.15, 0.2) is 0 Å². The highest BCUT2D eigenvalue weighted by Gasteiger charge is 2.17. The maximum Gasteiger partial charge on any atom is 0.319 e. The van der Waals surface area contributed by atoms with Crippen molar-refractivity contribution in [3.05, 3.63) is 0 Å². The Hall–Kier alpha value is 0.120. The summed E-state index contributed by atoms with van der Waals surface area (Å²) >= 11 is 2.08. The number of esters is 1. The largest absolute Gasteiger partial charge is 0.468 e. The molecule has 0 saturated carbocycles. The quantitative estimate of drug-likeness (QED) is 0.467. The van der Waals surface area contributed by atoms with Gasteiger partial charge in [0.15, 0.2) is 0 Å². The van der Waals surface area contributed by atoms with Gasteiger partial charge < -0.3 is 14.8 Å². The molecule has 1 fully saturated rings. The molecule has 0 aliphatic carbocycles. The summed E-state index contributed by atoms with van der Waals surface area (Å²) in [5.74, 6) is -0.173. The monoisotopic (exact) mass is 327 g/mol. The van der Waals surface area contributed by atoms with E-state index < -0.39 is 0 Å². The Morgan fingerprint density at radius 3 is 3.07 bits per heavy atom. The van der Waals surface area contributed by atoms with Crippen molar-refractivity contribution in [3.8, 4) is 0 Å². The average Bonchev–Trinajstić information content (AvgIpc) is 2.29. The molecular weight excluding hydrogens is 309 g/mol. The van der Waals surface area contributed by atoms with Crippen molar-refractivity contribution in [1.29, 1.82) is 0 Å². The van der Waals surface area contributed by atoms with Gasteiger partial charge in [0.1, 0.15) is 3.92 Å². The average molecular weight is 327 g/mol. The van der Waals surface area contributed by atoms with Gasteiger partial charge >= 0.3 is 5.97 Å². The highest BCUT2D eigenvalue weighted by Crippen LogP contribution is 2.11. The van der Waals surface area contributed by atoms with Gasteiger partial charge in [0.2, 0.25) is 0 Å². The summed E-state index contributed by atoms with van der Waals surface area (Å²) in [4.78, 5) is 11.1. The van der Waals surface area contributed by atoms with Crippen molar-refractivity contribution < 1.29 is 14.3 Å². The summed E-state index contributed by atoms with van der Waals surface area (Å²) in [7, 11) is 1.41. The number of hydrogen-bond donors (Lipinski definition) is 1. The van der Waals surface area contributed by atoms with Crippen LogP contribution in [-0.4, -0.2) is 42.8 Å². The Balaban J connectivity index is 2.07. The first-order valence-corrected chi connectivity index (χ1v) is 6.53. The maximum atomic E-state index is 11.1. The standard InChI is InChI=1S/C10H18INO3/c1-14-10(13)9(11)7-12-6-8-4-2-3-5-15-8/h8-9,12H,2-7H2,1H3. The van der Waals surface area contributed by atoms with Crippen LogP contribution < -0.4 is 5.32 Å². The molecule has 1 N–H and O–H groups in total. The van der Waals surface area contributed by atoms with E-state index in [2.05, 4.69) is 32.6 Å². The molecule has 0 bridgehead atoms. The molecule has 2 atom stereocenters. The van der Waals surface area contributed by atoms with Crippen LogP contribution in [0.5, 0.6) is 0 Å². The molecule has 1 heterocycles. The molecule has 0 aromatic rings. The molecular formula is C10H18INO3. The van der Waals surface area contributed by atoms with Crippen LogP contribution >= 0.6 is 22.6 Å². The van der Waals surface area contributed by atoms with Crippen LogP contribution in [-0.2, 0) is 14.3 Å². The van der Waals surface area contributed by atoms with Gasteiger partial charge in [-0.3, -0.25) is 4.79 Å². The van der Waals surface area contributed by atoms with E-state index in [0.29, 0.717) is 12.6 Å². The molecule has 5 heteroatoms. The van der Waals surface area contributed by atoms with Crippen LogP contribution in [0.4, 0.5) is 0 Å². The van der Waals surface area contributed by atoms with E-state index >= 15 is 0 Å². The summed E-state index contributed by atoms with van der Waals surface area (Å²) in [6.45, 7) is 2.35. The predicted octanol–water partition coefficient (Wildman–Crippen LogP) is 1.12. The normalized spacial score (nSPS) is 23.5. The molecule has 0 aromatic carbocycles. The minimum Gasteiger partial charge on any atom is -0.468 e. The molecule has 88 valence electrons. The van der Waals surface area contributed by atoms with Crippen LogP contribution in [0.3, 0.4) is 0 Å². The Labute approximate surface area is 104 Å². The zero-order chi connectivity index (χ0) is 11.1. The predicted molar refractivity (Wildman–Crippen MR) is 66.3 cm³/mol. The van der Waals surface area contributed by atoms with Gasteiger partial charge in [-0.2, -0.15) is 0 Å². The third-order valence-electron chi connectivity index (χ3n) is 2.43. The smallest absolute Gasteiger partial charge is 0.319 e.